The Balaban J connectivity index is 1.52. The third kappa shape index (κ3) is 3.92. The molecule has 6 nitrogen and oxygen atoms in total. The fraction of sp³-hybridized carbons (Fsp3) is 0.125. The second kappa shape index (κ2) is 6.58. The number of H-pyrrole nitrogens is 2. The first-order chi connectivity index (χ1) is 11.1. The van der Waals surface area contributed by atoms with Gasteiger partial charge in [0.1, 0.15) is 0 Å². The van der Waals surface area contributed by atoms with Gasteiger partial charge in [0.05, 0.1) is 11.0 Å². The molecule has 1 heterocycles. The van der Waals surface area contributed by atoms with Crippen LogP contribution >= 0.6 is 11.6 Å². The third-order valence-electron chi connectivity index (χ3n) is 3.38. The molecule has 0 unspecified atom stereocenters. The largest absolute Gasteiger partial charge is 0.338 e. The topological polar surface area (TPSA) is 89.8 Å². The van der Waals surface area contributed by atoms with Gasteiger partial charge in [-0.3, -0.25) is 0 Å². The summed E-state index contributed by atoms with van der Waals surface area (Å²) in [6.45, 7) is 0.486. The summed E-state index contributed by atoms with van der Waals surface area (Å²) in [5.74, 6) is 0. The van der Waals surface area contributed by atoms with Crippen molar-refractivity contribution in [2.75, 3.05) is 11.9 Å². The number of carbonyl (C=O) groups is 1. The minimum Gasteiger partial charge on any atom is -0.338 e. The van der Waals surface area contributed by atoms with Gasteiger partial charge in [-0.05, 0) is 48.4 Å². The van der Waals surface area contributed by atoms with Crippen molar-refractivity contribution in [3.8, 4) is 0 Å². The van der Waals surface area contributed by atoms with Crippen LogP contribution in [0.25, 0.3) is 11.0 Å². The van der Waals surface area contributed by atoms with Crippen molar-refractivity contribution in [3.63, 3.8) is 0 Å². The second-order valence-electron chi connectivity index (χ2n) is 5.10. The molecule has 0 aliphatic carbocycles. The number of nitrogens with one attached hydrogen (secondary N) is 4. The molecule has 2 amide bonds. The van der Waals surface area contributed by atoms with Gasteiger partial charge in [-0.1, -0.05) is 17.7 Å². The van der Waals surface area contributed by atoms with Gasteiger partial charge in [-0.15, -0.1) is 0 Å². The van der Waals surface area contributed by atoms with Gasteiger partial charge in [-0.25, -0.2) is 9.59 Å². The van der Waals surface area contributed by atoms with Crippen molar-refractivity contribution >= 4 is 34.4 Å². The molecule has 7 heteroatoms. The zero-order chi connectivity index (χ0) is 16.2. The van der Waals surface area contributed by atoms with Crippen LogP contribution in [0, 0.1) is 0 Å². The summed E-state index contributed by atoms with van der Waals surface area (Å²) in [5, 5.41) is 6.13. The van der Waals surface area contributed by atoms with Gasteiger partial charge in [-0.2, -0.15) is 0 Å². The number of amides is 2. The van der Waals surface area contributed by atoms with E-state index in [0.717, 1.165) is 16.6 Å². The number of hydrogen-bond acceptors (Lipinski definition) is 2. The van der Waals surface area contributed by atoms with Gasteiger partial charge in [0, 0.05) is 17.3 Å². The smallest absolute Gasteiger partial charge is 0.323 e. The summed E-state index contributed by atoms with van der Waals surface area (Å²) in [6.07, 6.45) is 0.664. The molecule has 23 heavy (non-hydrogen) atoms. The number of aromatic amines is 2. The predicted octanol–water partition coefficient (Wildman–Crippen LogP) is 2.87. The molecule has 0 fully saturated rings. The van der Waals surface area contributed by atoms with Gasteiger partial charge < -0.3 is 20.6 Å². The first-order valence-corrected chi connectivity index (χ1v) is 7.49. The van der Waals surface area contributed by atoms with E-state index in [0.29, 0.717) is 23.7 Å². The van der Waals surface area contributed by atoms with Gasteiger partial charge in [0.2, 0.25) is 0 Å². The van der Waals surface area contributed by atoms with Crippen molar-refractivity contribution in [2.45, 2.75) is 6.42 Å². The Morgan fingerprint density at radius 3 is 2.57 bits per heavy atom. The van der Waals surface area contributed by atoms with Crippen molar-refractivity contribution in [3.05, 3.63) is 63.5 Å². The predicted molar refractivity (Wildman–Crippen MR) is 91.1 cm³/mol. The third-order valence-corrected chi connectivity index (χ3v) is 3.63. The van der Waals surface area contributed by atoms with Gasteiger partial charge >= 0.3 is 11.7 Å². The molecule has 0 aliphatic rings. The highest BCUT2D eigenvalue weighted by molar-refractivity contribution is 6.30. The van der Waals surface area contributed by atoms with E-state index in [-0.39, 0.29) is 11.7 Å². The van der Waals surface area contributed by atoms with Crippen LogP contribution in [0.2, 0.25) is 5.02 Å². The molecule has 0 saturated heterocycles. The lowest BCUT2D eigenvalue weighted by atomic mass is 10.1. The molecule has 0 bridgehead atoms. The van der Waals surface area contributed by atoms with Crippen LogP contribution in [-0.4, -0.2) is 22.5 Å². The van der Waals surface area contributed by atoms with E-state index < -0.39 is 0 Å². The van der Waals surface area contributed by atoms with E-state index in [9.17, 15) is 9.59 Å². The van der Waals surface area contributed by atoms with E-state index in [1.165, 1.54) is 0 Å². The van der Waals surface area contributed by atoms with E-state index in [4.69, 9.17) is 11.6 Å². The Hall–Kier alpha value is -2.73. The van der Waals surface area contributed by atoms with E-state index >= 15 is 0 Å². The lowest BCUT2D eigenvalue weighted by molar-refractivity contribution is 0.252. The maximum Gasteiger partial charge on any atom is 0.323 e. The van der Waals surface area contributed by atoms with Crippen LogP contribution in [0.3, 0.4) is 0 Å². The lowest BCUT2D eigenvalue weighted by Crippen LogP contribution is -2.30. The molecular weight excluding hydrogens is 316 g/mol. The molecule has 0 aliphatic heterocycles. The van der Waals surface area contributed by atoms with E-state index in [1.807, 2.05) is 18.2 Å². The van der Waals surface area contributed by atoms with Crippen molar-refractivity contribution < 1.29 is 4.79 Å². The molecule has 3 rings (SSSR count). The second-order valence-corrected chi connectivity index (χ2v) is 5.53. The number of imidazole rings is 1. The SMILES string of the molecule is O=C(NCCc1ccc2[nH]c(=O)[nH]c2c1)Nc1ccc(Cl)cc1. The number of benzene rings is 2. The molecular formula is C16H15ClN4O2. The average Bonchev–Trinajstić information content (AvgIpc) is 2.89. The molecule has 0 spiro atoms. The fourth-order valence-electron chi connectivity index (χ4n) is 2.26. The van der Waals surface area contributed by atoms with Crippen LogP contribution in [0.1, 0.15) is 5.56 Å². The number of hydrogen-bond donors (Lipinski definition) is 4. The zero-order valence-corrected chi connectivity index (χ0v) is 12.9. The molecule has 118 valence electrons. The zero-order valence-electron chi connectivity index (χ0n) is 12.2. The summed E-state index contributed by atoms with van der Waals surface area (Å²) >= 11 is 5.79. The molecule has 2 aromatic carbocycles. The average molecular weight is 331 g/mol. The van der Waals surface area contributed by atoms with Crippen molar-refractivity contribution in [1.29, 1.82) is 0 Å². The Kier molecular flexibility index (Phi) is 4.34. The first kappa shape index (κ1) is 15.2. The van der Waals surface area contributed by atoms with Crippen LogP contribution < -0.4 is 16.3 Å². The number of carbonyl (C=O) groups excluding carboxylic acids is 1. The highest BCUT2D eigenvalue weighted by Gasteiger charge is 2.03. The van der Waals surface area contributed by atoms with E-state index in [1.54, 1.807) is 24.3 Å². The molecule has 4 N–H and O–H groups in total. The van der Waals surface area contributed by atoms with Gasteiger partial charge in [0.15, 0.2) is 0 Å². The quantitative estimate of drug-likeness (QED) is 0.592. The number of urea groups is 1. The Bertz CT molecular complexity index is 883. The summed E-state index contributed by atoms with van der Waals surface area (Å²) in [7, 11) is 0. The molecule has 1 aromatic heterocycles. The summed E-state index contributed by atoms with van der Waals surface area (Å²) in [5.41, 5.74) is 3.01. The van der Waals surface area contributed by atoms with Crippen LogP contribution in [0.15, 0.2) is 47.3 Å². The maximum absolute atomic E-state index is 11.8. The summed E-state index contributed by atoms with van der Waals surface area (Å²) < 4.78 is 0. The fourth-order valence-corrected chi connectivity index (χ4v) is 2.39. The summed E-state index contributed by atoms with van der Waals surface area (Å²) in [6, 6.07) is 12.3. The Labute approximate surface area is 136 Å². The molecule has 0 saturated carbocycles. The standard InChI is InChI=1S/C16H15ClN4O2/c17-11-2-4-12(5-3-11)19-15(22)18-8-7-10-1-6-13-14(9-10)21-16(23)20-13/h1-6,9H,7-8H2,(H2,18,19,22)(H2,20,21,23). The number of aromatic nitrogens is 2. The van der Waals surface area contributed by atoms with Crippen molar-refractivity contribution in [2.24, 2.45) is 0 Å². The van der Waals surface area contributed by atoms with Gasteiger partial charge in [0.25, 0.3) is 0 Å². The van der Waals surface area contributed by atoms with Crippen LogP contribution in [0.4, 0.5) is 10.5 Å². The number of halogens is 1. The monoisotopic (exact) mass is 330 g/mol. The number of rotatable bonds is 4. The van der Waals surface area contributed by atoms with Crippen LogP contribution in [-0.2, 0) is 6.42 Å². The normalized spacial score (nSPS) is 10.7. The summed E-state index contributed by atoms with van der Waals surface area (Å²) in [4.78, 5) is 28.4. The van der Waals surface area contributed by atoms with Crippen LogP contribution in [0.5, 0.6) is 0 Å². The molecule has 3 aromatic rings. The highest BCUT2D eigenvalue weighted by Crippen LogP contribution is 2.13. The highest BCUT2D eigenvalue weighted by atomic mass is 35.5. The minimum atomic E-state index is -0.275. The number of fused-ring (bicyclic) bond motifs is 1. The lowest BCUT2D eigenvalue weighted by Gasteiger charge is -2.08. The molecule has 0 radical (unpaired) electrons. The number of anilines is 1. The first-order valence-electron chi connectivity index (χ1n) is 7.11. The molecule has 0 atom stereocenters. The van der Waals surface area contributed by atoms with E-state index in [2.05, 4.69) is 20.6 Å². The maximum atomic E-state index is 11.8. The minimum absolute atomic E-state index is 0.224. The van der Waals surface area contributed by atoms with Crippen molar-refractivity contribution in [1.82, 2.24) is 15.3 Å². The Morgan fingerprint density at radius 1 is 1.04 bits per heavy atom. The Morgan fingerprint density at radius 2 is 1.78 bits per heavy atom.